The molecule has 0 amide bonds. The predicted molar refractivity (Wildman–Crippen MR) is 519 cm³/mol. The summed E-state index contributed by atoms with van der Waals surface area (Å²) in [6.45, 7) is 23.5. The minimum absolute atomic E-state index is 0.00200. The van der Waals surface area contributed by atoms with Gasteiger partial charge >= 0.3 is 0 Å². The quantitative estimate of drug-likeness (QED) is 0.0399. The first-order valence-electron chi connectivity index (χ1n) is 47.8. The number of hydrogen-bond acceptors (Lipinski definition) is 5. The van der Waals surface area contributed by atoms with Gasteiger partial charge in [0, 0.05) is 88.5 Å². The summed E-state index contributed by atoms with van der Waals surface area (Å²) in [6.07, 6.45) is 75.7. The topological polar surface area (TPSA) is 38.1 Å². The van der Waals surface area contributed by atoms with Crippen molar-refractivity contribution in [3.63, 3.8) is 0 Å². The fraction of sp³-hybridized carbons (Fsp3) is 0.390. The molecule has 125 heavy (non-hydrogen) atoms. The second-order valence-corrected chi connectivity index (χ2v) is 40.1. The van der Waals surface area contributed by atoms with Gasteiger partial charge in [-0.15, -0.1) is 0 Å². The van der Waals surface area contributed by atoms with Gasteiger partial charge in [-0.1, -0.05) is 272 Å². The molecule has 0 radical (unpaired) electrons. The summed E-state index contributed by atoms with van der Waals surface area (Å²) in [6, 6.07) is 49.1. The van der Waals surface area contributed by atoms with E-state index in [2.05, 4.69) is 289 Å². The molecule has 0 saturated carbocycles. The number of allylic oxidation sites excluding steroid dienone is 28. The summed E-state index contributed by atoms with van der Waals surface area (Å²) < 4.78 is 50.6. The van der Waals surface area contributed by atoms with Gasteiger partial charge in [-0.25, -0.2) is 8.78 Å². The number of halogens is 2. The van der Waals surface area contributed by atoms with E-state index in [1.165, 1.54) is 96.5 Å². The van der Waals surface area contributed by atoms with Gasteiger partial charge in [-0.05, 0) is 308 Å². The van der Waals surface area contributed by atoms with Crippen LogP contribution in [-0.2, 0) is 22.0 Å². The van der Waals surface area contributed by atoms with E-state index in [-0.39, 0.29) is 69.3 Å². The van der Waals surface area contributed by atoms with Gasteiger partial charge in [0.05, 0.1) is 24.0 Å². The normalized spacial score (nSPS) is 26.9. The van der Waals surface area contributed by atoms with E-state index in [9.17, 15) is 0 Å². The van der Waals surface area contributed by atoms with Crippen LogP contribution in [0.15, 0.2) is 340 Å². The first kappa shape index (κ1) is 84.2. The fourth-order valence-electron chi connectivity index (χ4n) is 24.0. The van der Waals surface area contributed by atoms with E-state index < -0.39 is 6.17 Å². The van der Waals surface area contributed by atoms with Crippen LogP contribution in [0.2, 0.25) is 0 Å². The Morgan fingerprint density at radius 1 is 0.600 bits per heavy atom. The number of alkyl halides is 1. The maximum absolute atomic E-state index is 15.4. The van der Waals surface area contributed by atoms with E-state index in [1.807, 2.05) is 36.4 Å². The Balaban J connectivity index is 0.602. The molecule has 1 heterocycles. The molecule has 0 N–H and O–H groups in total. The molecule has 7 heteroatoms. The minimum atomic E-state index is -1.03. The average Bonchev–Trinajstić information content (AvgIpc) is 1.54. The van der Waals surface area contributed by atoms with Crippen molar-refractivity contribution in [2.24, 2.45) is 40.4 Å². The molecule has 12 atom stereocenters. The standard InChI is InChI=1S/C118H128F2N2O3/c1-9-79-35-63-101(64-36-79)123-71-17-15-21-81-31-41-89(42-32-81)117(91-49-45-87(46-50-91)115(3,4)5)109-29-13-11-27-103(109)105-67-39-85(75-111(105)117)83-23-19-25-97(73-83)121(95-57-53-93(119)54-58-95)99-61-69-107-108-70-62-100(78-114(108)125-113(107)77-99)122(96-59-55-94(120)56-60-96)98-26-20-24-84(74-98)86-40-68-106-104-28-12-14-30-110(104)118(112(106)76-86,92-51-47-88(48-52-92)116(6,7)8)90-43-33-82(34-44-90)22-16-18-72-124-102-65-37-80(10-2)38-66-102/h9-11,13-14,19,23,27,29-31,33-41,43-47,49,51,53,55,59-65,67-70,74-75,77-78,81,83-84,86,89,91,94-95,97,102H,1-2,12,15-18,20-22,24-26,28,32,42,48,50,52,54,56-58,66,71-73,76H2,3-8H3. The summed E-state index contributed by atoms with van der Waals surface area (Å²) in [7, 11) is 0. The second kappa shape index (κ2) is 35.8. The largest absolute Gasteiger partial charge is 0.494 e. The number of fused-ring (bicyclic) bond motifs is 7. The van der Waals surface area contributed by atoms with Crippen molar-refractivity contribution in [1.29, 1.82) is 0 Å². The third-order valence-corrected chi connectivity index (χ3v) is 30.6. The Morgan fingerprint density at radius 3 is 2.16 bits per heavy atom. The third-order valence-electron chi connectivity index (χ3n) is 30.6. The van der Waals surface area contributed by atoms with E-state index in [1.54, 1.807) is 11.6 Å². The number of ether oxygens (including phenoxy) is 2. The highest BCUT2D eigenvalue weighted by Gasteiger charge is 2.54. The summed E-state index contributed by atoms with van der Waals surface area (Å²) in [5, 5.41) is 2.14. The van der Waals surface area contributed by atoms with Crippen LogP contribution in [0.1, 0.15) is 229 Å². The first-order chi connectivity index (χ1) is 60.9. The number of nitrogens with zero attached hydrogens (tertiary/aromatic N) is 2. The van der Waals surface area contributed by atoms with Crippen molar-refractivity contribution < 1.29 is 22.7 Å². The van der Waals surface area contributed by atoms with E-state index in [0.717, 1.165) is 186 Å². The summed E-state index contributed by atoms with van der Waals surface area (Å²) in [5.74, 6) is 2.79. The molecule has 0 spiro atoms. The minimum Gasteiger partial charge on any atom is -0.494 e. The lowest BCUT2D eigenvalue weighted by Gasteiger charge is -2.46. The molecule has 12 aliphatic rings. The van der Waals surface area contributed by atoms with Gasteiger partial charge in [0.15, 0.2) is 0 Å². The average molecular weight is 1660 g/mol. The molecule has 19 rings (SSSR count). The lowest BCUT2D eigenvalue weighted by molar-refractivity contribution is 0.0834. The highest BCUT2D eigenvalue weighted by Crippen LogP contribution is 2.64. The first-order valence-corrected chi connectivity index (χ1v) is 47.8. The van der Waals surface area contributed by atoms with Crippen molar-refractivity contribution in [3.8, 4) is 16.9 Å². The summed E-state index contributed by atoms with van der Waals surface area (Å²) in [4.78, 5) is 5.11. The Bertz CT molecular complexity index is 5820. The molecule has 12 unspecified atom stereocenters. The van der Waals surface area contributed by atoms with Crippen molar-refractivity contribution in [2.75, 3.05) is 23.0 Å². The van der Waals surface area contributed by atoms with Gasteiger partial charge < -0.3 is 23.7 Å². The molecule has 1 aromatic heterocycles. The van der Waals surface area contributed by atoms with E-state index in [0.29, 0.717) is 31.1 Å². The number of furan rings is 1. The Morgan fingerprint density at radius 2 is 1.42 bits per heavy atom. The maximum atomic E-state index is 15.4. The molecule has 7 aromatic rings. The van der Waals surface area contributed by atoms with Crippen LogP contribution in [0.4, 0.5) is 20.2 Å². The van der Waals surface area contributed by atoms with Crippen LogP contribution in [-0.4, -0.2) is 37.6 Å². The monoisotopic (exact) mass is 1660 g/mol. The Kier molecular flexibility index (Phi) is 24.1. The zero-order valence-corrected chi connectivity index (χ0v) is 74.9. The number of rotatable bonds is 26. The number of hydrogen-bond donors (Lipinski definition) is 0. The number of unbranched alkanes of at least 4 members (excludes halogenated alkanes) is 2. The molecular weight excluding hydrogens is 1530 g/mol. The summed E-state index contributed by atoms with van der Waals surface area (Å²) >= 11 is 0. The van der Waals surface area contributed by atoms with Gasteiger partial charge in [-0.2, -0.15) is 0 Å². The number of aryl methyl sites for hydroxylation is 1. The maximum Gasteiger partial charge on any atom is 0.137 e. The molecule has 5 nitrogen and oxygen atoms in total. The van der Waals surface area contributed by atoms with Crippen LogP contribution in [0, 0.1) is 40.4 Å². The molecule has 642 valence electrons. The van der Waals surface area contributed by atoms with E-state index >= 15 is 8.78 Å². The molecule has 6 aromatic carbocycles. The van der Waals surface area contributed by atoms with Gasteiger partial charge in [0.1, 0.15) is 23.1 Å². The smallest absolute Gasteiger partial charge is 0.137 e. The van der Waals surface area contributed by atoms with Crippen LogP contribution < -0.4 is 14.5 Å². The highest BCUT2D eigenvalue weighted by atomic mass is 19.1. The Hall–Kier alpha value is -10.3. The van der Waals surface area contributed by atoms with Crippen LogP contribution in [0.25, 0.3) is 39.1 Å². The lowest BCUT2D eigenvalue weighted by atomic mass is 9.56. The molecule has 0 bridgehead atoms. The van der Waals surface area contributed by atoms with Crippen LogP contribution >= 0.6 is 0 Å². The van der Waals surface area contributed by atoms with E-state index in [4.69, 9.17) is 13.9 Å². The molecule has 0 fully saturated rings. The van der Waals surface area contributed by atoms with Crippen molar-refractivity contribution in [3.05, 3.63) is 369 Å². The predicted octanol–water partition coefficient (Wildman–Crippen LogP) is 31.2. The number of benzene rings is 6. The fourth-order valence-corrected chi connectivity index (χ4v) is 24.0. The SMILES string of the molecule is C=CC1=CCC(OCCCCc2ccc(C3(C4=CC=C(C(C)(C)C)CC4)C4=C(CCC=C4)C4=C3CC(C3C=C(N(C5=CCC(F)C=C5)c5ccc6c(c5)oc5cc(N(C7CC=C(F)CC7)C7CC=CC(c8ccc9c(c8)C(C8C=CC(C(C)(C)C)=CC8)(C8C=CC(CCCCOc%10ccc(C=C)cc%10)CC8)c8ccccc8-9)C7)ccc56)CCC3)C=C4)cc2)C=C1. The highest BCUT2D eigenvalue weighted by molar-refractivity contribution is 6.07. The molecule has 0 aliphatic heterocycles. The lowest BCUT2D eigenvalue weighted by Crippen LogP contribution is -2.45. The molecular formula is C118H128F2N2O3. The van der Waals surface area contributed by atoms with Crippen molar-refractivity contribution in [1.82, 2.24) is 0 Å². The summed E-state index contributed by atoms with van der Waals surface area (Å²) in [5.41, 5.74) is 28.3. The third kappa shape index (κ3) is 16.7. The zero-order valence-electron chi connectivity index (χ0n) is 74.9. The number of anilines is 2. The van der Waals surface area contributed by atoms with Crippen molar-refractivity contribution >= 4 is 39.4 Å². The molecule has 0 saturated heterocycles. The second-order valence-electron chi connectivity index (χ2n) is 40.1. The van der Waals surface area contributed by atoms with Crippen LogP contribution in [0.3, 0.4) is 0 Å². The zero-order chi connectivity index (χ0) is 85.6. The van der Waals surface area contributed by atoms with Crippen molar-refractivity contribution in [2.45, 2.75) is 237 Å². The van der Waals surface area contributed by atoms with Gasteiger partial charge in [-0.3, -0.25) is 0 Å². The molecule has 12 aliphatic carbocycles. The van der Waals surface area contributed by atoms with Gasteiger partial charge in [0.2, 0.25) is 0 Å². The Labute approximate surface area is 743 Å². The van der Waals surface area contributed by atoms with Crippen LogP contribution in [0.5, 0.6) is 5.75 Å². The van der Waals surface area contributed by atoms with Gasteiger partial charge in [0.25, 0.3) is 0 Å².